The Kier molecular flexibility index (Phi) is 4.63. The molecule has 0 aliphatic carbocycles. The molecule has 94 valence electrons. The van der Waals surface area contributed by atoms with Crippen molar-refractivity contribution in [2.75, 3.05) is 11.5 Å². The minimum absolute atomic E-state index is 0.320. The van der Waals surface area contributed by atoms with Gasteiger partial charge in [0.05, 0.1) is 16.4 Å². The molecule has 0 bridgehead atoms. The number of esters is 1. The van der Waals surface area contributed by atoms with Crippen molar-refractivity contribution < 1.29 is 9.53 Å². The van der Waals surface area contributed by atoms with Crippen molar-refractivity contribution in [3.8, 4) is 5.75 Å². The predicted molar refractivity (Wildman–Crippen MR) is 70.2 cm³/mol. The van der Waals surface area contributed by atoms with Gasteiger partial charge in [0.15, 0.2) is 0 Å². The number of halogens is 1. The normalized spacial score (nSPS) is 10.3. The van der Waals surface area contributed by atoms with Crippen LogP contribution in [0.1, 0.15) is 32.3 Å². The van der Waals surface area contributed by atoms with Crippen LogP contribution in [0.3, 0.4) is 0 Å². The van der Waals surface area contributed by atoms with Crippen LogP contribution >= 0.6 is 11.6 Å². The summed E-state index contributed by atoms with van der Waals surface area (Å²) in [5.41, 5.74) is 13.1. The maximum atomic E-state index is 11.0. The number of carbonyl (C=O) groups is 1. The lowest BCUT2D eigenvalue weighted by molar-refractivity contribution is -0.131. The zero-order valence-electron chi connectivity index (χ0n) is 10.0. The Hall–Kier alpha value is -1.42. The fourth-order valence-corrected chi connectivity index (χ4v) is 1.74. The van der Waals surface area contributed by atoms with Crippen molar-refractivity contribution in [1.29, 1.82) is 0 Å². The van der Waals surface area contributed by atoms with E-state index in [9.17, 15) is 4.79 Å². The number of hydrogen-bond donors (Lipinski definition) is 2. The van der Waals surface area contributed by atoms with E-state index in [0.717, 1.165) is 18.4 Å². The molecule has 0 radical (unpaired) electrons. The number of rotatable bonds is 4. The molecule has 0 fully saturated rings. The minimum Gasteiger partial charge on any atom is -0.426 e. The van der Waals surface area contributed by atoms with Crippen LogP contribution in [0.2, 0.25) is 5.02 Å². The first kappa shape index (κ1) is 13.6. The molecule has 0 atom stereocenters. The zero-order chi connectivity index (χ0) is 13.0. The first-order valence-electron chi connectivity index (χ1n) is 5.52. The first-order chi connectivity index (χ1) is 7.97. The van der Waals surface area contributed by atoms with Crippen LogP contribution in [-0.4, -0.2) is 5.97 Å². The van der Waals surface area contributed by atoms with Crippen LogP contribution in [0, 0.1) is 0 Å². The first-order valence-corrected chi connectivity index (χ1v) is 5.89. The van der Waals surface area contributed by atoms with Crippen molar-refractivity contribution in [1.82, 2.24) is 0 Å². The number of nitrogen functional groups attached to an aromatic ring is 2. The second-order valence-electron chi connectivity index (χ2n) is 3.87. The highest BCUT2D eigenvalue weighted by Crippen LogP contribution is 2.37. The Morgan fingerprint density at radius 3 is 2.65 bits per heavy atom. The average Bonchev–Trinajstić information content (AvgIpc) is 2.25. The maximum Gasteiger partial charge on any atom is 0.308 e. The van der Waals surface area contributed by atoms with Gasteiger partial charge in [0.2, 0.25) is 0 Å². The molecule has 4 N–H and O–H groups in total. The number of nitrogens with two attached hydrogens (primary N) is 2. The monoisotopic (exact) mass is 256 g/mol. The zero-order valence-corrected chi connectivity index (χ0v) is 10.8. The highest BCUT2D eigenvalue weighted by atomic mass is 35.5. The molecule has 0 aliphatic rings. The van der Waals surface area contributed by atoms with E-state index in [4.69, 9.17) is 27.8 Å². The standard InChI is InChI=1S/C12H17ClN2O2/c1-3-4-5-8-10(17-7(2)16)6-9(14)11(13)12(8)15/h6H,3-5,14-15H2,1-2H3. The Labute approximate surface area is 106 Å². The highest BCUT2D eigenvalue weighted by Gasteiger charge is 2.15. The van der Waals surface area contributed by atoms with Crippen LogP contribution in [0.25, 0.3) is 0 Å². The Bertz CT molecular complexity index is 433. The lowest BCUT2D eigenvalue weighted by Gasteiger charge is -2.14. The molecule has 5 heteroatoms. The van der Waals surface area contributed by atoms with Crippen molar-refractivity contribution in [3.63, 3.8) is 0 Å². The third kappa shape index (κ3) is 3.27. The summed E-state index contributed by atoms with van der Waals surface area (Å²) >= 11 is 5.98. The van der Waals surface area contributed by atoms with E-state index in [1.165, 1.54) is 6.92 Å². The molecule has 17 heavy (non-hydrogen) atoms. The molecule has 1 aromatic carbocycles. The van der Waals surface area contributed by atoms with Gasteiger partial charge in [-0.3, -0.25) is 4.79 Å². The van der Waals surface area contributed by atoms with Crippen LogP contribution in [-0.2, 0) is 11.2 Å². The van der Waals surface area contributed by atoms with E-state index in [1.54, 1.807) is 6.07 Å². The van der Waals surface area contributed by atoms with E-state index in [-0.39, 0.29) is 0 Å². The molecular weight excluding hydrogens is 240 g/mol. The molecule has 0 heterocycles. The second kappa shape index (κ2) is 5.77. The molecular formula is C12H17ClN2O2. The van der Waals surface area contributed by atoms with Crippen molar-refractivity contribution in [3.05, 3.63) is 16.7 Å². The number of benzene rings is 1. The van der Waals surface area contributed by atoms with Crippen LogP contribution < -0.4 is 16.2 Å². The van der Waals surface area contributed by atoms with Crippen molar-refractivity contribution >= 4 is 28.9 Å². The molecule has 0 saturated heterocycles. The number of unbranched alkanes of at least 4 members (excludes halogenated alkanes) is 1. The molecule has 1 rings (SSSR count). The smallest absolute Gasteiger partial charge is 0.308 e. The summed E-state index contributed by atoms with van der Waals surface area (Å²) < 4.78 is 5.10. The van der Waals surface area contributed by atoms with Crippen LogP contribution in [0.5, 0.6) is 5.75 Å². The SMILES string of the molecule is CCCCc1c(OC(C)=O)cc(N)c(Cl)c1N. The van der Waals surface area contributed by atoms with Crippen LogP contribution in [0.15, 0.2) is 6.07 Å². The Morgan fingerprint density at radius 2 is 2.12 bits per heavy atom. The lowest BCUT2D eigenvalue weighted by atomic mass is 10.0. The number of ether oxygens (including phenoxy) is 1. The van der Waals surface area contributed by atoms with E-state index < -0.39 is 5.97 Å². The molecule has 1 aromatic rings. The van der Waals surface area contributed by atoms with E-state index >= 15 is 0 Å². The van der Waals surface area contributed by atoms with Gasteiger partial charge in [0.1, 0.15) is 5.75 Å². The predicted octanol–water partition coefficient (Wildman–Crippen LogP) is 2.77. The number of carbonyl (C=O) groups excluding carboxylic acids is 1. The summed E-state index contributed by atoms with van der Waals surface area (Å²) in [6, 6.07) is 1.55. The van der Waals surface area contributed by atoms with Gasteiger partial charge < -0.3 is 16.2 Å². The Balaban J connectivity index is 3.20. The topological polar surface area (TPSA) is 78.3 Å². The number of hydrogen-bond acceptors (Lipinski definition) is 4. The number of anilines is 2. The summed E-state index contributed by atoms with van der Waals surface area (Å²) in [5.74, 6) is 0.00854. The minimum atomic E-state index is -0.399. The van der Waals surface area contributed by atoms with E-state index in [1.807, 2.05) is 0 Å². The second-order valence-corrected chi connectivity index (χ2v) is 4.25. The van der Waals surface area contributed by atoms with E-state index in [2.05, 4.69) is 6.92 Å². The van der Waals surface area contributed by atoms with Gasteiger partial charge in [-0.25, -0.2) is 0 Å². The summed E-state index contributed by atoms with van der Waals surface area (Å²) in [6.45, 7) is 3.41. The van der Waals surface area contributed by atoms with Gasteiger partial charge in [0, 0.05) is 18.6 Å². The van der Waals surface area contributed by atoms with Crippen LogP contribution in [0.4, 0.5) is 11.4 Å². The largest absolute Gasteiger partial charge is 0.426 e. The lowest BCUT2D eigenvalue weighted by Crippen LogP contribution is -2.08. The molecule has 0 aromatic heterocycles. The molecule has 0 amide bonds. The van der Waals surface area contributed by atoms with Gasteiger partial charge >= 0.3 is 5.97 Å². The summed E-state index contributed by atoms with van der Waals surface area (Å²) in [4.78, 5) is 11.0. The van der Waals surface area contributed by atoms with E-state index in [0.29, 0.717) is 28.6 Å². The summed E-state index contributed by atoms with van der Waals surface area (Å²) in [6.07, 6.45) is 2.67. The summed E-state index contributed by atoms with van der Waals surface area (Å²) in [7, 11) is 0. The third-order valence-corrected chi connectivity index (χ3v) is 2.85. The quantitative estimate of drug-likeness (QED) is 0.493. The van der Waals surface area contributed by atoms with Gasteiger partial charge in [-0.05, 0) is 12.8 Å². The molecule has 4 nitrogen and oxygen atoms in total. The molecule has 0 aliphatic heterocycles. The third-order valence-electron chi connectivity index (χ3n) is 2.43. The highest BCUT2D eigenvalue weighted by molar-refractivity contribution is 6.35. The summed E-state index contributed by atoms with van der Waals surface area (Å²) in [5, 5.41) is 0.326. The van der Waals surface area contributed by atoms with Gasteiger partial charge in [-0.1, -0.05) is 24.9 Å². The van der Waals surface area contributed by atoms with Gasteiger partial charge in [-0.15, -0.1) is 0 Å². The molecule has 0 saturated carbocycles. The molecule has 0 unspecified atom stereocenters. The van der Waals surface area contributed by atoms with Gasteiger partial charge in [0.25, 0.3) is 0 Å². The van der Waals surface area contributed by atoms with Gasteiger partial charge in [-0.2, -0.15) is 0 Å². The fourth-order valence-electron chi connectivity index (χ4n) is 1.57. The average molecular weight is 257 g/mol. The molecule has 0 spiro atoms. The Morgan fingerprint density at radius 1 is 1.47 bits per heavy atom. The van der Waals surface area contributed by atoms with Crippen molar-refractivity contribution in [2.45, 2.75) is 33.1 Å². The fraction of sp³-hybridized carbons (Fsp3) is 0.417. The maximum absolute atomic E-state index is 11.0. The van der Waals surface area contributed by atoms with Crippen molar-refractivity contribution in [2.24, 2.45) is 0 Å².